The van der Waals surface area contributed by atoms with Crippen molar-refractivity contribution in [3.05, 3.63) is 66.1 Å². The minimum absolute atomic E-state index is 0.298. The third kappa shape index (κ3) is 4.23. The molecule has 0 spiro atoms. The highest BCUT2D eigenvalue weighted by Crippen LogP contribution is 2.36. The standard InChI is InChI=1S/C27H29N9O/c1-5-35-12-17(2)32-25(35)19-8-6-18(7-9-19)13-36-26-20(11-31-36)10-28-24(33-26)22-23(21-14-34(3)15-21)29-16-30-27(22)37-4/h6-12,16,21H,5,13-15H2,1-4H3. The molecule has 0 aliphatic carbocycles. The van der Waals surface area contributed by atoms with Crippen molar-refractivity contribution in [1.29, 1.82) is 0 Å². The molecule has 1 aliphatic heterocycles. The van der Waals surface area contributed by atoms with Crippen molar-refractivity contribution in [2.45, 2.75) is 32.9 Å². The fourth-order valence-corrected chi connectivity index (χ4v) is 4.98. The molecule has 1 aliphatic rings. The van der Waals surface area contributed by atoms with Gasteiger partial charge in [0, 0.05) is 43.5 Å². The van der Waals surface area contributed by atoms with Gasteiger partial charge in [-0.1, -0.05) is 24.3 Å². The Balaban J connectivity index is 1.33. The number of likely N-dealkylation sites (N-methyl/N-ethyl adjacent to an activating group) is 1. The average Bonchev–Trinajstić information content (AvgIpc) is 3.49. The number of ether oxygens (including phenoxy) is 1. The van der Waals surface area contributed by atoms with Gasteiger partial charge < -0.3 is 14.2 Å². The Hall–Kier alpha value is -4.18. The zero-order valence-corrected chi connectivity index (χ0v) is 21.5. The van der Waals surface area contributed by atoms with E-state index in [4.69, 9.17) is 9.72 Å². The summed E-state index contributed by atoms with van der Waals surface area (Å²) in [6.45, 7) is 7.49. The Morgan fingerprint density at radius 3 is 2.57 bits per heavy atom. The first-order valence-electron chi connectivity index (χ1n) is 12.4. The second kappa shape index (κ2) is 9.36. The number of benzene rings is 1. The zero-order valence-electron chi connectivity index (χ0n) is 21.5. The number of imidazole rings is 1. The maximum atomic E-state index is 5.60. The highest BCUT2D eigenvalue weighted by Gasteiger charge is 2.31. The largest absolute Gasteiger partial charge is 0.480 e. The number of likely N-dealkylation sites (tertiary alicyclic amines) is 1. The molecule has 10 nitrogen and oxygen atoms in total. The Labute approximate surface area is 215 Å². The molecule has 1 saturated heterocycles. The van der Waals surface area contributed by atoms with E-state index in [0.29, 0.717) is 24.2 Å². The zero-order chi connectivity index (χ0) is 25.5. The highest BCUT2D eigenvalue weighted by molar-refractivity contribution is 5.77. The summed E-state index contributed by atoms with van der Waals surface area (Å²) in [5.74, 6) is 2.32. The maximum Gasteiger partial charge on any atom is 0.227 e. The summed E-state index contributed by atoms with van der Waals surface area (Å²) in [5.41, 5.74) is 5.68. The summed E-state index contributed by atoms with van der Waals surface area (Å²) in [5, 5.41) is 5.48. The number of aromatic nitrogens is 8. The summed E-state index contributed by atoms with van der Waals surface area (Å²) in [7, 11) is 3.71. The Morgan fingerprint density at radius 1 is 1.03 bits per heavy atom. The van der Waals surface area contributed by atoms with E-state index in [9.17, 15) is 0 Å². The highest BCUT2D eigenvalue weighted by atomic mass is 16.5. The number of methoxy groups -OCH3 is 1. The number of fused-ring (bicyclic) bond motifs is 1. The van der Waals surface area contributed by atoms with Gasteiger partial charge in [0.25, 0.3) is 0 Å². The van der Waals surface area contributed by atoms with Crippen molar-refractivity contribution >= 4 is 11.0 Å². The summed E-state index contributed by atoms with van der Waals surface area (Å²) in [4.78, 5) is 25.5. The lowest BCUT2D eigenvalue weighted by Gasteiger charge is -2.36. The molecule has 0 atom stereocenters. The van der Waals surface area contributed by atoms with Crippen LogP contribution in [-0.4, -0.2) is 71.4 Å². The molecular weight excluding hydrogens is 466 g/mol. The molecule has 0 unspecified atom stereocenters. The molecular formula is C27H29N9O. The van der Waals surface area contributed by atoms with Crippen molar-refractivity contribution in [2.24, 2.45) is 0 Å². The predicted molar refractivity (Wildman–Crippen MR) is 140 cm³/mol. The molecule has 5 aromatic rings. The molecule has 37 heavy (non-hydrogen) atoms. The minimum Gasteiger partial charge on any atom is -0.480 e. The molecule has 0 N–H and O–H groups in total. The number of nitrogens with zero attached hydrogens (tertiary/aromatic N) is 9. The summed E-state index contributed by atoms with van der Waals surface area (Å²) in [6, 6.07) is 8.47. The summed E-state index contributed by atoms with van der Waals surface area (Å²) >= 11 is 0. The van der Waals surface area contributed by atoms with Crippen LogP contribution in [0.15, 0.2) is 49.2 Å². The summed E-state index contributed by atoms with van der Waals surface area (Å²) in [6.07, 6.45) is 7.24. The van der Waals surface area contributed by atoms with E-state index >= 15 is 0 Å². The van der Waals surface area contributed by atoms with Gasteiger partial charge in [-0.2, -0.15) is 5.10 Å². The first kappa shape index (κ1) is 23.2. The number of hydrogen-bond donors (Lipinski definition) is 0. The second-order valence-corrected chi connectivity index (χ2v) is 9.52. The number of aryl methyl sites for hydroxylation is 2. The van der Waals surface area contributed by atoms with Crippen molar-refractivity contribution in [3.8, 4) is 28.7 Å². The number of hydrogen-bond acceptors (Lipinski definition) is 8. The van der Waals surface area contributed by atoms with E-state index in [1.165, 1.54) is 0 Å². The smallest absolute Gasteiger partial charge is 0.227 e. The molecule has 10 heteroatoms. The third-order valence-electron chi connectivity index (χ3n) is 6.87. The molecule has 188 valence electrons. The van der Waals surface area contributed by atoms with Crippen LogP contribution in [0.3, 0.4) is 0 Å². The predicted octanol–water partition coefficient (Wildman–Crippen LogP) is 3.56. The van der Waals surface area contributed by atoms with Gasteiger partial charge in [0.2, 0.25) is 5.88 Å². The van der Waals surface area contributed by atoms with Gasteiger partial charge in [0.1, 0.15) is 17.7 Å². The van der Waals surface area contributed by atoms with E-state index in [0.717, 1.165) is 64.6 Å². The molecule has 0 bridgehead atoms. The van der Waals surface area contributed by atoms with Gasteiger partial charge in [-0.25, -0.2) is 29.6 Å². The van der Waals surface area contributed by atoms with E-state index in [-0.39, 0.29) is 0 Å². The Kier molecular flexibility index (Phi) is 5.88. The molecule has 4 aromatic heterocycles. The molecule has 1 aromatic carbocycles. The lowest BCUT2D eigenvalue weighted by molar-refractivity contribution is 0.186. The Morgan fingerprint density at radius 2 is 1.84 bits per heavy atom. The van der Waals surface area contributed by atoms with Crippen molar-refractivity contribution in [3.63, 3.8) is 0 Å². The quantitative estimate of drug-likeness (QED) is 0.338. The fraction of sp³-hybridized carbons (Fsp3) is 0.333. The molecule has 1 fully saturated rings. The first-order chi connectivity index (χ1) is 18.0. The van der Waals surface area contributed by atoms with E-state index < -0.39 is 0 Å². The van der Waals surface area contributed by atoms with Crippen LogP contribution < -0.4 is 4.74 Å². The van der Waals surface area contributed by atoms with Crippen LogP contribution in [0.4, 0.5) is 0 Å². The SMILES string of the molecule is CCn1cc(C)nc1-c1ccc(Cn2ncc3cnc(-c4c(OC)ncnc4C4CN(C)C4)nc32)cc1. The topological polar surface area (TPSA) is 99.7 Å². The van der Waals surface area contributed by atoms with Gasteiger partial charge in [0.15, 0.2) is 11.5 Å². The molecule has 0 saturated carbocycles. The van der Waals surface area contributed by atoms with Crippen molar-refractivity contribution in [1.82, 2.24) is 44.2 Å². The maximum absolute atomic E-state index is 5.60. The van der Waals surface area contributed by atoms with Crippen LogP contribution in [0.25, 0.3) is 33.8 Å². The van der Waals surface area contributed by atoms with Gasteiger partial charge in [-0.15, -0.1) is 0 Å². The van der Waals surface area contributed by atoms with Crippen LogP contribution >= 0.6 is 0 Å². The summed E-state index contributed by atoms with van der Waals surface area (Å²) < 4.78 is 9.67. The van der Waals surface area contributed by atoms with Crippen LogP contribution in [0.2, 0.25) is 0 Å². The lowest BCUT2D eigenvalue weighted by atomic mass is 9.93. The van der Waals surface area contributed by atoms with Gasteiger partial charge >= 0.3 is 0 Å². The molecule has 0 amide bonds. The lowest BCUT2D eigenvalue weighted by Crippen LogP contribution is -2.42. The van der Waals surface area contributed by atoms with Crippen LogP contribution in [-0.2, 0) is 13.1 Å². The van der Waals surface area contributed by atoms with Gasteiger partial charge in [-0.05, 0) is 26.5 Å². The Bertz CT molecular complexity index is 1570. The molecule has 0 radical (unpaired) electrons. The van der Waals surface area contributed by atoms with E-state index in [1.54, 1.807) is 25.8 Å². The van der Waals surface area contributed by atoms with Crippen LogP contribution in [0, 0.1) is 6.92 Å². The second-order valence-electron chi connectivity index (χ2n) is 9.52. The average molecular weight is 496 g/mol. The van der Waals surface area contributed by atoms with E-state index in [1.807, 2.05) is 11.6 Å². The fourth-order valence-electron chi connectivity index (χ4n) is 4.98. The van der Waals surface area contributed by atoms with Gasteiger partial charge in [-0.3, -0.25) is 0 Å². The van der Waals surface area contributed by atoms with Crippen LogP contribution in [0.5, 0.6) is 5.88 Å². The van der Waals surface area contributed by atoms with Crippen molar-refractivity contribution in [2.75, 3.05) is 27.2 Å². The monoisotopic (exact) mass is 495 g/mol. The third-order valence-corrected chi connectivity index (χ3v) is 6.87. The normalized spacial score (nSPS) is 14.3. The van der Waals surface area contributed by atoms with Crippen molar-refractivity contribution < 1.29 is 4.74 Å². The van der Waals surface area contributed by atoms with Crippen LogP contribution in [0.1, 0.15) is 29.8 Å². The molecule has 6 rings (SSSR count). The number of rotatable bonds is 7. The minimum atomic E-state index is 0.298. The first-order valence-corrected chi connectivity index (χ1v) is 12.4. The molecule has 5 heterocycles. The van der Waals surface area contributed by atoms with Gasteiger partial charge in [0.05, 0.1) is 36.6 Å². The van der Waals surface area contributed by atoms with E-state index in [2.05, 4.69) is 78.9 Å².